The van der Waals surface area contributed by atoms with Crippen molar-refractivity contribution in [3.8, 4) is 0 Å². The molecule has 1 amide bonds. The van der Waals surface area contributed by atoms with Crippen LogP contribution in [0.2, 0.25) is 0 Å². The van der Waals surface area contributed by atoms with Gasteiger partial charge < -0.3 is 11.1 Å². The Hall–Kier alpha value is -1.14. The van der Waals surface area contributed by atoms with E-state index < -0.39 is 0 Å². The van der Waals surface area contributed by atoms with Gasteiger partial charge in [0.15, 0.2) is 0 Å². The topological polar surface area (TPSA) is 85.8 Å². The molecule has 1 aromatic heterocycles. The highest BCUT2D eigenvalue weighted by Gasteiger charge is 2.09. The molecule has 6 nitrogen and oxygen atoms in total. The molecule has 0 spiro atoms. The van der Waals surface area contributed by atoms with Gasteiger partial charge in [-0.25, -0.2) is 4.98 Å². The zero-order chi connectivity index (χ0) is 12.5. The van der Waals surface area contributed by atoms with E-state index in [0.717, 1.165) is 19.3 Å². The summed E-state index contributed by atoms with van der Waals surface area (Å²) in [6.45, 7) is 3.17. The maximum atomic E-state index is 11.6. The molecule has 0 saturated carbocycles. The summed E-state index contributed by atoms with van der Waals surface area (Å²) in [7, 11) is 0. The summed E-state index contributed by atoms with van der Waals surface area (Å²) < 4.78 is 1.64. The molecule has 1 atom stereocenters. The lowest BCUT2D eigenvalue weighted by Crippen LogP contribution is -2.40. The molecule has 3 N–H and O–H groups in total. The van der Waals surface area contributed by atoms with Crippen molar-refractivity contribution in [2.24, 2.45) is 5.73 Å². The van der Waals surface area contributed by atoms with Crippen LogP contribution in [0.15, 0.2) is 12.7 Å². The van der Waals surface area contributed by atoms with Crippen molar-refractivity contribution in [3.05, 3.63) is 12.7 Å². The largest absolute Gasteiger partial charge is 0.352 e. The lowest BCUT2D eigenvalue weighted by molar-refractivity contribution is -0.122. The van der Waals surface area contributed by atoms with E-state index >= 15 is 0 Å². The maximum absolute atomic E-state index is 11.6. The molecule has 0 bridgehead atoms. The Kier molecular flexibility index (Phi) is 9.22. The second-order valence-corrected chi connectivity index (χ2v) is 4.05. The van der Waals surface area contributed by atoms with Gasteiger partial charge in [-0.2, -0.15) is 5.10 Å². The fourth-order valence-electron chi connectivity index (χ4n) is 1.56. The number of hydrogen-bond acceptors (Lipinski definition) is 4. The van der Waals surface area contributed by atoms with Gasteiger partial charge in [-0.3, -0.25) is 9.48 Å². The molecular weight excluding hydrogens is 254 g/mol. The molecule has 0 aliphatic carbocycles. The number of nitrogens with two attached hydrogens (primary N) is 1. The first kappa shape index (κ1) is 16.9. The summed E-state index contributed by atoms with van der Waals surface area (Å²) in [5, 5.41) is 6.88. The fraction of sp³-hybridized carbons (Fsp3) is 0.727. The Morgan fingerprint density at radius 2 is 2.33 bits per heavy atom. The second kappa shape index (κ2) is 9.85. The number of nitrogens with one attached hydrogen (secondary N) is 1. The zero-order valence-corrected chi connectivity index (χ0v) is 11.5. The van der Waals surface area contributed by atoms with Crippen LogP contribution >= 0.6 is 12.4 Å². The average Bonchev–Trinajstić information content (AvgIpc) is 2.85. The predicted octanol–water partition coefficient (Wildman–Crippen LogP) is 0.724. The molecule has 0 aliphatic heterocycles. The van der Waals surface area contributed by atoms with Crippen LogP contribution in [0.4, 0.5) is 0 Å². The van der Waals surface area contributed by atoms with Crippen LogP contribution in [-0.2, 0) is 11.3 Å². The predicted molar refractivity (Wildman–Crippen MR) is 72.4 cm³/mol. The third-order valence-corrected chi connectivity index (χ3v) is 2.59. The number of carbonyl (C=O) groups is 1. The van der Waals surface area contributed by atoms with Crippen molar-refractivity contribution in [3.63, 3.8) is 0 Å². The smallest absolute Gasteiger partial charge is 0.222 e. The highest BCUT2D eigenvalue weighted by Crippen LogP contribution is 1.99. The molecule has 0 radical (unpaired) electrons. The monoisotopic (exact) mass is 275 g/mol. The van der Waals surface area contributed by atoms with Gasteiger partial charge in [0, 0.05) is 19.0 Å². The van der Waals surface area contributed by atoms with Crippen molar-refractivity contribution in [1.29, 1.82) is 0 Å². The number of aromatic nitrogens is 3. The molecule has 0 aliphatic rings. The standard InChI is InChI=1S/C11H21N5O.ClH/c1-2-3-4-10(7-12)15-11(17)5-6-16-9-13-8-14-16;/h8-10H,2-7,12H2,1H3,(H,15,17);1H. The molecule has 7 heteroatoms. The molecule has 1 rings (SSSR count). The maximum Gasteiger partial charge on any atom is 0.222 e. The van der Waals surface area contributed by atoms with E-state index in [1.165, 1.54) is 6.33 Å². The summed E-state index contributed by atoms with van der Waals surface area (Å²) in [5.74, 6) is 0.0204. The first-order valence-corrected chi connectivity index (χ1v) is 6.08. The first-order chi connectivity index (χ1) is 8.26. The van der Waals surface area contributed by atoms with Gasteiger partial charge in [0.2, 0.25) is 5.91 Å². The lowest BCUT2D eigenvalue weighted by Gasteiger charge is -2.16. The number of amides is 1. The Morgan fingerprint density at radius 3 is 2.89 bits per heavy atom. The quantitative estimate of drug-likeness (QED) is 0.732. The highest BCUT2D eigenvalue weighted by molar-refractivity contribution is 5.85. The molecule has 1 heterocycles. The number of nitrogens with zero attached hydrogens (tertiary/aromatic N) is 3. The number of carbonyl (C=O) groups excluding carboxylic acids is 1. The van der Waals surface area contributed by atoms with E-state index in [1.807, 2.05) is 0 Å². The van der Waals surface area contributed by atoms with Crippen molar-refractivity contribution >= 4 is 18.3 Å². The minimum Gasteiger partial charge on any atom is -0.352 e. The number of aryl methyl sites for hydroxylation is 1. The summed E-state index contributed by atoms with van der Waals surface area (Å²) in [4.78, 5) is 15.5. The molecule has 0 fully saturated rings. The second-order valence-electron chi connectivity index (χ2n) is 4.05. The molecule has 1 aromatic rings. The molecule has 1 unspecified atom stereocenters. The van der Waals surface area contributed by atoms with E-state index in [9.17, 15) is 4.79 Å². The zero-order valence-electron chi connectivity index (χ0n) is 10.7. The lowest BCUT2D eigenvalue weighted by atomic mass is 10.1. The molecular formula is C11H22ClN5O. The average molecular weight is 276 g/mol. The number of rotatable bonds is 8. The van der Waals surface area contributed by atoms with Gasteiger partial charge in [-0.05, 0) is 6.42 Å². The van der Waals surface area contributed by atoms with Crippen molar-refractivity contribution in [1.82, 2.24) is 20.1 Å². The van der Waals surface area contributed by atoms with E-state index in [0.29, 0.717) is 19.5 Å². The van der Waals surface area contributed by atoms with E-state index in [4.69, 9.17) is 5.73 Å². The molecule has 0 aromatic carbocycles. The van der Waals surface area contributed by atoms with Gasteiger partial charge in [0.1, 0.15) is 12.7 Å². The number of halogens is 1. The van der Waals surface area contributed by atoms with Gasteiger partial charge >= 0.3 is 0 Å². The van der Waals surface area contributed by atoms with Crippen molar-refractivity contribution in [2.45, 2.75) is 45.2 Å². The number of hydrogen-bond donors (Lipinski definition) is 2. The van der Waals surface area contributed by atoms with Gasteiger partial charge in [0.25, 0.3) is 0 Å². The Labute approximate surface area is 114 Å². The van der Waals surface area contributed by atoms with E-state index in [-0.39, 0.29) is 24.4 Å². The fourth-order valence-corrected chi connectivity index (χ4v) is 1.56. The van der Waals surface area contributed by atoms with Crippen LogP contribution in [0.25, 0.3) is 0 Å². The van der Waals surface area contributed by atoms with Gasteiger partial charge in [-0.1, -0.05) is 19.8 Å². The molecule has 104 valence electrons. The number of unbranched alkanes of at least 4 members (excludes halogenated alkanes) is 1. The third kappa shape index (κ3) is 6.56. The summed E-state index contributed by atoms with van der Waals surface area (Å²) in [5.41, 5.74) is 5.61. The van der Waals surface area contributed by atoms with Crippen LogP contribution in [0.1, 0.15) is 32.6 Å². The van der Waals surface area contributed by atoms with Crippen LogP contribution in [-0.4, -0.2) is 33.3 Å². The highest BCUT2D eigenvalue weighted by atomic mass is 35.5. The Morgan fingerprint density at radius 1 is 1.56 bits per heavy atom. The summed E-state index contributed by atoms with van der Waals surface area (Å²) >= 11 is 0. The Balaban J connectivity index is 0.00000289. The van der Waals surface area contributed by atoms with Crippen LogP contribution in [0.3, 0.4) is 0 Å². The Bertz CT molecular complexity index is 317. The minimum atomic E-state index is 0. The normalized spacial score (nSPS) is 11.7. The van der Waals surface area contributed by atoms with Crippen molar-refractivity contribution < 1.29 is 4.79 Å². The summed E-state index contributed by atoms with van der Waals surface area (Å²) in [6.07, 6.45) is 6.62. The van der Waals surface area contributed by atoms with Gasteiger partial charge in [0.05, 0.1) is 6.54 Å². The van der Waals surface area contributed by atoms with Gasteiger partial charge in [-0.15, -0.1) is 12.4 Å². The summed E-state index contributed by atoms with van der Waals surface area (Å²) in [6, 6.07) is 0.0956. The van der Waals surface area contributed by atoms with Crippen LogP contribution in [0, 0.1) is 0 Å². The van der Waals surface area contributed by atoms with Crippen LogP contribution in [0.5, 0.6) is 0 Å². The van der Waals surface area contributed by atoms with Crippen molar-refractivity contribution in [2.75, 3.05) is 6.54 Å². The van der Waals surface area contributed by atoms with E-state index in [2.05, 4.69) is 22.3 Å². The van der Waals surface area contributed by atoms with E-state index in [1.54, 1.807) is 11.0 Å². The third-order valence-electron chi connectivity index (χ3n) is 2.59. The van der Waals surface area contributed by atoms with Crippen LogP contribution < -0.4 is 11.1 Å². The minimum absolute atomic E-state index is 0. The first-order valence-electron chi connectivity index (χ1n) is 6.08. The SMILES string of the molecule is CCCCC(CN)NC(=O)CCn1cncn1.Cl. The molecule has 18 heavy (non-hydrogen) atoms. The molecule has 0 saturated heterocycles.